The Bertz CT molecular complexity index is 559. The van der Waals surface area contributed by atoms with Gasteiger partial charge in [0.15, 0.2) is 12.1 Å². The molecule has 0 radical (unpaired) electrons. The second-order valence-corrected chi connectivity index (χ2v) is 6.67. The normalized spacial score (nSPS) is 31.7. The first-order valence-electron chi connectivity index (χ1n) is 8.57. The molecule has 2 N–H and O–H groups in total. The molecule has 140 valence electrons. The molecule has 1 aromatic carbocycles. The van der Waals surface area contributed by atoms with Crippen molar-refractivity contribution in [3.63, 3.8) is 0 Å². The van der Waals surface area contributed by atoms with E-state index in [0.29, 0.717) is 13.2 Å². The van der Waals surface area contributed by atoms with Gasteiger partial charge in [-0.3, -0.25) is 0 Å². The van der Waals surface area contributed by atoms with Crippen molar-refractivity contribution in [3.8, 4) is 5.75 Å². The standard InChI is InChI=1S/C18H26O7/c1-4-21-12-7-5-11(6-8-12)10-22-15-14(13(20)9-19)23-17-16(15)24-18(2,3)25-17/h5-8,13-17,19-20H,4,9-10H2,1-3H3/t13-,14+,15-,16+,17+/m0/s1. The highest BCUT2D eigenvalue weighted by molar-refractivity contribution is 5.26. The SMILES string of the molecule is CCOc1ccc(CO[C@@H]2[C@H]3OC(C)(C)O[C@H]3O[C@@H]2[C@@H](O)CO)cc1. The Morgan fingerprint density at radius 1 is 1.20 bits per heavy atom. The second kappa shape index (κ2) is 7.57. The first-order valence-corrected chi connectivity index (χ1v) is 8.57. The number of aliphatic hydroxyl groups is 2. The number of hydrogen-bond acceptors (Lipinski definition) is 7. The van der Waals surface area contributed by atoms with Crippen LogP contribution in [-0.2, 0) is 25.6 Å². The van der Waals surface area contributed by atoms with Crippen molar-refractivity contribution >= 4 is 0 Å². The lowest BCUT2D eigenvalue weighted by molar-refractivity contribution is -0.232. The van der Waals surface area contributed by atoms with E-state index in [1.54, 1.807) is 13.8 Å². The molecule has 5 atom stereocenters. The number of aliphatic hydroxyl groups excluding tert-OH is 2. The highest BCUT2D eigenvalue weighted by Crippen LogP contribution is 2.39. The monoisotopic (exact) mass is 354 g/mol. The van der Waals surface area contributed by atoms with Gasteiger partial charge in [-0.25, -0.2) is 0 Å². The first kappa shape index (κ1) is 18.6. The van der Waals surface area contributed by atoms with Gasteiger partial charge in [0.05, 0.1) is 19.8 Å². The Labute approximate surface area is 147 Å². The van der Waals surface area contributed by atoms with Gasteiger partial charge in [-0.05, 0) is 38.5 Å². The van der Waals surface area contributed by atoms with Gasteiger partial charge < -0.3 is 33.9 Å². The summed E-state index contributed by atoms with van der Waals surface area (Å²) >= 11 is 0. The average Bonchev–Trinajstić information content (AvgIpc) is 3.05. The molecule has 2 saturated heterocycles. The molecular weight excluding hydrogens is 328 g/mol. The minimum Gasteiger partial charge on any atom is -0.494 e. The van der Waals surface area contributed by atoms with Crippen molar-refractivity contribution in [1.29, 1.82) is 0 Å². The zero-order valence-electron chi connectivity index (χ0n) is 14.8. The zero-order valence-corrected chi connectivity index (χ0v) is 14.8. The van der Waals surface area contributed by atoms with Crippen LogP contribution in [0, 0.1) is 0 Å². The molecule has 2 fully saturated rings. The maximum absolute atomic E-state index is 10.0. The van der Waals surface area contributed by atoms with Gasteiger partial charge in [-0.2, -0.15) is 0 Å². The fourth-order valence-corrected chi connectivity index (χ4v) is 3.15. The molecule has 7 nitrogen and oxygen atoms in total. The Kier molecular flexibility index (Phi) is 5.62. The molecule has 7 heteroatoms. The summed E-state index contributed by atoms with van der Waals surface area (Å²) in [7, 11) is 0. The molecule has 2 aliphatic rings. The second-order valence-electron chi connectivity index (χ2n) is 6.67. The predicted molar refractivity (Wildman–Crippen MR) is 88.0 cm³/mol. The molecule has 2 heterocycles. The van der Waals surface area contributed by atoms with Crippen molar-refractivity contribution in [2.24, 2.45) is 0 Å². The lowest BCUT2D eigenvalue weighted by Gasteiger charge is -2.28. The molecule has 1 aromatic rings. The molecule has 0 spiro atoms. The van der Waals surface area contributed by atoms with Crippen LogP contribution in [0.5, 0.6) is 5.75 Å². The molecule has 0 bridgehead atoms. The fraction of sp³-hybridized carbons (Fsp3) is 0.667. The minimum absolute atomic E-state index is 0.322. The van der Waals surface area contributed by atoms with Gasteiger partial charge in [-0.1, -0.05) is 12.1 Å². The van der Waals surface area contributed by atoms with Crippen LogP contribution < -0.4 is 4.74 Å². The third-order valence-corrected chi connectivity index (χ3v) is 4.27. The summed E-state index contributed by atoms with van der Waals surface area (Å²) in [5.74, 6) is 0.0314. The van der Waals surface area contributed by atoms with Crippen LogP contribution in [0.4, 0.5) is 0 Å². The molecular formula is C18H26O7. The van der Waals surface area contributed by atoms with Crippen molar-refractivity contribution in [2.45, 2.75) is 63.9 Å². The van der Waals surface area contributed by atoms with Gasteiger partial charge in [0.25, 0.3) is 0 Å². The van der Waals surface area contributed by atoms with Crippen LogP contribution in [0.25, 0.3) is 0 Å². The maximum atomic E-state index is 10.0. The third-order valence-electron chi connectivity index (χ3n) is 4.27. The van der Waals surface area contributed by atoms with Crippen molar-refractivity contribution in [3.05, 3.63) is 29.8 Å². The summed E-state index contributed by atoms with van der Waals surface area (Å²) in [5.41, 5.74) is 0.960. The van der Waals surface area contributed by atoms with Crippen molar-refractivity contribution < 1.29 is 33.9 Å². The average molecular weight is 354 g/mol. The lowest BCUT2D eigenvalue weighted by Crippen LogP contribution is -2.44. The van der Waals surface area contributed by atoms with E-state index in [4.69, 9.17) is 23.7 Å². The Balaban J connectivity index is 1.66. The minimum atomic E-state index is -1.06. The van der Waals surface area contributed by atoms with Crippen molar-refractivity contribution in [1.82, 2.24) is 0 Å². The fourth-order valence-electron chi connectivity index (χ4n) is 3.15. The Morgan fingerprint density at radius 3 is 2.56 bits per heavy atom. The Hall–Kier alpha value is -1.22. The lowest BCUT2D eigenvalue weighted by atomic mass is 10.1. The number of ether oxygens (including phenoxy) is 5. The van der Waals surface area contributed by atoms with Gasteiger partial charge in [0.1, 0.15) is 30.2 Å². The first-order chi connectivity index (χ1) is 11.9. The van der Waals surface area contributed by atoms with Crippen LogP contribution in [0.1, 0.15) is 26.3 Å². The van der Waals surface area contributed by atoms with Gasteiger partial charge in [0.2, 0.25) is 0 Å². The van der Waals surface area contributed by atoms with Gasteiger partial charge in [-0.15, -0.1) is 0 Å². The zero-order chi connectivity index (χ0) is 18.0. The molecule has 0 aliphatic carbocycles. The van der Waals surface area contributed by atoms with Crippen LogP contribution in [0.15, 0.2) is 24.3 Å². The highest BCUT2D eigenvalue weighted by Gasteiger charge is 2.56. The summed E-state index contributed by atoms with van der Waals surface area (Å²) in [4.78, 5) is 0. The molecule has 0 amide bonds. The van der Waals surface area contributed by atoms with E-state index >= 15 is 0 Å². The third kappa shape index (κ3) is 4.13. The Morgan fingerprint density at radius 2 is 1.92 bits per heavy atom. The van der Waals surface area contributed by atoms with Gasteiger partial charge in [0, 0.05) is 0 Å². The number of rotatable bonds is 7. The van der Waals surface area contributed by atoms with E-state index in [1.165, 1.54) is 0 Å². The van der Waals surface area contributed by atoms with E-state index in [9.17, 15) is 10.2 Å². The van der Waals surface area contributed by atoms with E-state index in [2.05, 4.69) is 0 Å². The van der Waals surface area contributed by atoms with Crippen molar-refractivity contribution in [2.75, 3.05) is 13.2 Å². The van der Waals surface area contributed by atoms with E-state index < -0.39 is 43.1 Å². The van der Waals surface area contributed by atoms with E-state index in [0.717, 1.165) is 11.3 Å². The van der Waals surface area contributed by atoms with E-state index in [-0.39, 0.29) is 0 Å². The molecule has 3 rings (SSSR count). The quantitative estimate of drug-likeness (QED) is 0.761. The molecule has 2 aliphatic heterocycles. The summed E-state index contributed by atoms with van der Waals surface area (Å²) in [6, 6.07) is 7.61. The molecule has 0 unspecified atom stereocenters. The van der Waals surface area contributed by atoms with Gasteiger partial charge >= 0.3 is 0 Å². The summed E-state index contributed by atoms with van der Waals surface area (Å²) in [6.45, 7) is 6.06. The predicted octanol–water partition coefficient (Wildman–Crippen LogP) is 1.20. The number of hydrogen-bond donors (Lipinski definition) is 2. The topological polar surface area (TPSA) is 86.6 Å². The maximum Gasteiger partial charge on any atom is 0.190 e. The summed E-state index contributed by atoms with van der Waals surface area (Å²) in [5, 5.41) is 19.3. The summed E-state index contributed by atoms with van der Waals surface area (Å²) < 4.78 is 28.7. The largest absolute Gasteiger partial charge is 0.494 e. The van der Waals surface area contributed by atoms with E-state index in [1.807, 2.05) is 31.2 Å². The summed E-state index contributed by atoms with van der Waals surface area (Å²) in [6.07, 6.45) is -3.39. The number of benzene rings is 1. The van der Waals surface area contributed by atoms with Crippen LogP contribution in [0.3, 0.4) is 0 Å². The van der Waals surface area contributed by atoms with Crippen LogP contribution in [-0.4, -0.2) is 59.9 Å². The van der Waals surface area contributed by atoms with Crippen LogP contribution >= 0.6 is 0 Å². The highest BCUT2D eigenvalue weighted by atomic mass is 16.8. The molecule has 25 heavy (non-hydrogen) atoms. The molecule has 0 aromatic heterocycles. The van der Waals surface area contributed by atoms with Crippen LogP contribution in [0.2, 0.25) is 0 Å². The number of fused-ring (bicyclic) bond motifs is 1. The smallest absolute Gasteiger partial charge is 0.190 e. The molecule has 0 saturated carbocycles.